The normalized spacial score (nSPS) is 15.5. The van der Waals surface area contributed by atoms with Crippen LogP contribution < -0.4 is 4.74 Å². The molecule has 1 aliphatic carbocycles. The highest BCUT2D eigenvalue weighted by Gasteiger charge is 2.24. The van der Waals surface area contributed by atoms with E-state index in [9.17, 15) is 4.79 Å². The van der Waals surface area contributed by atoms with E-state index in [1.807, 2.05) is 24.3 Å². The Morgan fingerprint density at radius 2 is 1.68 bits per heavy atom. The van der Waals surface area contributed by atoms with Gasteiger partial charge in [0.05, 0.1) is 0 Å². The molecule has 1 saturated carbocycles. The van der Waals surface area contributed by atoms with Crippen molar-refractivity contribution in [3.05, 3.63) is 54.1 Å². The van der Waals surface area contributed by atoms with Gasteiger partial charge < -0.3 is 9.84 Å². The van der Waals surface area contributed by atoms with Gasteiger partial charge in [-0.15, -0.1) is 0 Å². The average molecular weight is 296 g/mol. The lowest BCUT2D eigenvalue weighted by Crippen LogP contribution is -2.11. The van der Waals surface area contributed by atoms with E-state index in [1.54, 1.807) is 6.07 Å². The maximum Gasteiger partial charge on any atom is 0.511 e. The molecule has 2 aromatic rings. The van der Waals surface area contributed by atoms with E-state index in [0.29, 0.717) is 11.7 Å². The molecular weight excluding hydrogens is 276 g/mol. The van der Waals surface area contributed by atoms with Crippen molar-refractivity contribution in [2.24, 2.45) is 0 Å². The molecule has 1 aliphatic rings. The fourth-order valence-corrected chi connectivity index (χ4v) is 3.41. The monoisotopic (exact) mass is 296 g/mol. The minimum absolute atomic E-state index is 0.375. The van der Waals surface area contributed by atoms with Gasteiger partial charge in [-0.05, 0) is 36.0 Å². The number of carbonyl (C=O) groups is 1. The van der Waals surface area contributed by atoms with Gasteiger partial charge in [-0.3, -0.25) is 0 Å². The number of ether oxygens (including phenoxy) is 1. The molecule has 0 amide bonds. The van der Waals surface area contributed by atoms with Gasteiger partial charge in [-0.25, -0.2) is 4.79 Å². The molecule has 2 aromatic carbocycles. The van der Waals surface area contributed by atoms with Gasteiger partial charge in [0.2, 0.25) is 0 Å². The lowest BCUT2D eigenvalue weighted by molar-refractivity contribution is 0.143. The Morgan fingerprint density at radius 3 is 2.36 bits per heavy atom. The highest BCUT2D eigenvalue weighted by Crippen LogP contribution is 2.43. The van der Waals surface area contributed by atoms with Crippen LogP contribution in [0.4, 0.5) is 4.79 Å². The fraction of sp³-hybridized carbons (Fsp3) is 0.316. The minimum atomic E-state index is -1.25. The highest BCUT2D eigenvalue weighted by molar-refractivity contribution is 5.73. The lowest BCUT2D eigenvalue weighted by Gasteiger charge is -2.26. The topological polar surface area (TPSA) is 46.5 Å². The van der Waals surface area contributed by atoms with E-state index in [1.165, 1.54) is 19.3 Å². The predicted octanol–water partition coefficient (Wildman–Crippen LogP) is 5.46. The number of rotatable bonds is 3. The second kappa shape index (κ2) is 6.65. The molecule has 114 valence electrons. The van der Waals surface area contributed by atoms with Crippen molar-refractivity contribution in [3.63, 3.8) is 0 Å². The molecule has 0 radical (unpaired) electrons. The summed E-state index contributed by atoms with van der Waals surface area (Å²) in [6.07, 6.45) is 4.60. The molecule has 3 rings (SSSR count). The molecule has 0 saturated heterocycles. The molecule has 0 aliphatic heterocycles. The van der Waals surface area contributed by atoms with Crippen LogP contribution >= 0.6 is 0 Å². The molecule has 1 fully saturated rings. The first-order chi connectivity index (χ1) is 10.8. The fourth-order valence-electron chi connectivity index (χ4n) is 3.41. The zero-order chi connectivity index (χ0) is 15.4. The third-order valence-corrected chi connectivity index (χ3v) is 4.36. The minimum Gasteiger partial charge on any atom is -0.449 e. The van der Waals surface area contributed by atoms with Gasteiger partial charge in [0.25, 0.3) is 0 Å². The Labute approximate surface area is 130 Å². The average Bonchev–Trinajstić information content (AvgIpc) is 2.56. The molecule has 22 heavy (non-hydrogen) atoms. The Kier molecular flexibility index (Phi) is 4.42. The number of hydrogen-bond donors (Lipinski definition) is 1. The quantitative estimate of drug-likeness (QED) is 0.604. The molecule has 0 atom stereocenters. The summed E-state index contributed by atoms with van der Waals surface area (Å²) in [5.41, 5.74) is 3.25. The van der Waals surface area contributed by atoms with E-state index in [-0.39, 0.29) is 0 Å². The van der Waals surface area contributed by atoms with Gasteiger partial charge in [-0.2, -0.15) is 0 Å². The van der Waals surface area contributed by atoms with Crippen LogP contribution in [0.1, 0.15) is 43.6 Å². The summed E-state index contributed by atoms with van der Waals surface area (Å²) in [5, 5.41) is 9.03. The molecule has 0 unspecified atom stereocenters. The van der Waals surface area contributed by atoms with E-state index in [4.69, 9.17) is 9.84 Å². The van der Waals surface area contributed by atoms with Gasteiger partial charge in [0, 0.05) is 5.56 Å². The number of benzene rings is 2. The standard InChI is InChI=1S/C19H20O3/c20-19(21)22-17-13-7-12-16(14-8-3-1-4-9-14)18(17)15-10-5-2-6-11-15/h1,3-4,7-9,12-13,15H,2,5-6,10-11H2,(H,20,21). The Bertz CT molecular complexity index is 643. The molecule has 0 aromatic heterocycles. The summed E-state index contributed by atoms with van der Waals surface area (Å²) in [6, 6.07) is 15.8. The zero-order valence-electron chi connectivity index (χ0n) is 12.5. The predicted molar refractivity (Wildman–Crippen MR) is 86.4 cm³/mol. The third-order valence-electron chi connectivity index (χ3n) is 4.36. The summed E-state index contributed by atoms with van der Waals surface area (Å²) in [4.78, 5) is 11.0. The Balaban J connectivity index is 2.10. The van der Waals surface area contributed by atoms with E-state index in [0.717, 1.165) is 29.5 Å². The smallest absolute Gasteiger partial charge is 0.449 e. The van der Waals surface area contributed by atoms with Crippen LogP contribution in [-0.4, -0.2) is 11.3 Å². The highest BCUT2D eigenvalue weighted by atomic mass is 16.7. The van der Waals surface area contributed by atoms with Crippen LogP contribution in [0, 0.1) is 0 Å². The summed E-state index contributed by atoms with van der Waals surface area (Å²) < 4.78 is 5.08. The van der Waals surface area contributed by atoms with Crippen LogP contribution in [0.25, 0.3) is 11.1 Å². The Morgan fingerprint density at radius 1 is 0.955 bits per heavy atom. The maximum atomic E-state index is 11.0. The first-order valence-electron chi connectivity index (χ1n) is 7.85. The van der Waals surface area contributed by atoms with Gasteiger partial charge in [0.1, 0.15) is 5.75 Å². The summed E-state index contributed by atoms with van der Waals surface area (Å²) in [6.45, 7) is 0. The summed E-state index contributed by atoms with van der Waals surface area (Å²) >= 11 is 0. The largest absolute Gasteiger partial charge is 0.511 e. The maximum absolute atomic E-state index is 11.0. The van der Waals surface area contributed by atoms with Crippen molar-refractivity contribution in [1.29, 1.82) is 0 Å². The van der Waals surface area contributed by atoms with Crippen molar-refractivity contribution in [1.82, 2.24) is 0 Å². The van der Waals surface area contributed by atoms with E-state index in [2.05, 4.69) is 18.2 Å². The van der Waals surface area contributed by atoms with Crippen LogP contribution in [0.3, 0.4) is 0 Å². The zero-order valence-corrected chi connectivity index (χ0v) is 12.5. The van der Waals surface area contributed by atoms with Crippen molar-refractivity contribution in [2.45, 2.75) is 38.0 Å². The first kappa shape index (κ1) is 14.6. The molecular formula is C19H20O3. The second-order valence-electron chi connectivity index (χ2n) is 5.79. The molecule has 1 N–H and O–H groups in total. The molecule has 0 heterocycles. The van der Waals surface area contributed by atoms with E-state index < -0.39 is 6.16 Å². The molecule has 3 heteroatoms. The Hall–Kier alpha value is -2.29. The van der Waals surface area contributed by atoms with Crippen LogP contribution in [0.15, 0.2) is 48.5 Å². The first-order valence-corrected chi connectivity index (χ1v) is 7.85. The van der Waals surface area contributed by atoms with Gasteiger partial charge in [0.15, 0.2) is 0 Å². The van der Waals surface area contributed by atoms with Gasteiger partial charge in [-0.1, -0.05) is 61.7 Å². The molecule has 0 spiro atoms. The number of hydrogen-bond acceptors (Lipinski definition) is 2. The summed E-state index contributed by atoms with van der Waals surface area (Å²) in [5.74, 6) is 0.861. The van der Waals surface area contributed by atoms with Crippen molar-refractivity contribution >= 4 is 6.16 Å². The molecule has 0 bridgehead atoms. The van der Waals surface area contributed by atoms with Crippen LogP contribution in [-0.2, 0) is 0 Å². The van der Waals surface area contributed by atoms with Crippen molar-refractivity contribution < 1.29 is 14.6 Å². The van der Waals surface area contributed by atoms with Crippen molar-refractivity contribution in [3.8, 4) is 16.9 Å². The third kappa shape index (κ3) is 3.14. The van der Waals surface area contributed by atoms with Crippen molar-refractivity contribution in [2.75, 3.05) is 0 Å². The van der Waals surface area contributed by atoms with Gasteiger partial charge >= 0.3 is 6.16 Å². The SMILES string of the molecule is O=C(O)Oc1cccc(-c2ccccc2)c1C1CCCCC1. The second-order valence-corrected chi connectivity index (χ2v) is 5.79. The lowest BCUT2D eigenvalue weighted by atomic mass is 9.80. The van der Waals surface area contributed by atoms with E-state index >= 15 is 0 Å². The number of carboxylic acid groups (broad SMARTS) is 1. The van der Waals surface area contributed by atoms with Crippen LogP contribution in [0.2, 0.25) is 0 Å². The van der Waals surface area contributed by atoms with Crippen LogP contribution in [0.5, 0.6) is 5.75 Å². The summed E-state index contributed by atoms with van der Waals surface area (Å²) in [7, 11) is 0. The molecule has 3 nitrogen and oxygen atoms in total.